The molecule has 2 aliphatic heterocycles. The van der Waals surface area contributed by atoms with Crippen LogP contribution in [0.5, 0.6) is 5.75 Å². The molecule has 1 amide bonds. The van der Waals surface area contributed by atoms with Crippen LogP contribution in [-0.2, 0) is 9.53 Å². The summed E-state index contributed by atoms with van der Waals surface area (Å²) in [5.74, 6) is 1.11. The fraction of sp³-hybridized carbons (Fsp3) is 0.429. The molecular formula is C28H35N3O3S. The second-order valence-electron chi connectivity index (χ2n) is 9.62. The average molecular weight is 494 g/mol. The van der Waals surface area contributed by atoms with E-state index in [1.165, 1.54) is 23.0 Å². The Labute approximate surface area is 213 Å². The van der Waals surface area contributed by atoms with Gasteiger partial charge in [-0.3, -0.25) is 9.69 Å². The molecule has 1 saturated heterocycles. The molecule has 4 rings (SSSR count). The Morgan fingerprint density at radius 3 is 2.66 bits per heavy atom. The van der Waals surface area contributed by atoms with E-state index in [2.05, 4.69) is 44.9 Å². The van der Waals surface area contributed by atoms with Gasteiger partial charge in [-0.1, -0.05) is 25.1 Å². The maximum absolute atomic E-state index is 13.4. The zero-order chi connectivity index (χ0) is 25.2. The van der Waals surface area contributed by atoms with Crippen LogP contribution >= 0.6 is 11.8 Å². The van der Waals surface area contributed by atoms with Gasteiger partial charge in [0.2, 0.25) is 0 Å². The number of para-hydroxylation sites is 1. The summed E-state index contributed by atoms with van der Waals surface area (Å²) < 4.78 is 11.3. The standard InChI is InChI=1S/C28H35N3O3S/c1-7-34-14-13-31-26(32)25(35-27(31)29-21-11-9-8-10-12-21)16-20-15-22-19(2)18-28(3,4)30(5)23(22)17-24(20)33-6/h8-12,15-17,19H,7,13-14,18H2,1-6H3/b25-16+,29-27?. The third kappa shape index (κ3) is 5.26. The van der Waals surface area contributed by atoms with Crippen molar-refractivity contribution < 1.29 is 14.3 Å². The Bertz CT molecular complexity index is 1140. The number of ether oxygens (including phenoxy) is 2. The third-order valence-electron chi connectivity index (χ3n) is 6.80. The van der Waals surface area contributed by atoms with Crippen LogP contribution in [0.4, 0.5) is 11.4 Å². The number of nitrogens with zero attached hydrogens (tertiary/aromatic N) is 3. The lowest BCUT2D eigenvalue weighted by Crippen LogP contribution is -2.45. The molecule has 2 heterocycles. The maximum Gasteiger partial charge on any atom is 0.266 e. The molecule has 2 aromatic rings. The van der Waals surface area contributed by atoms with Crippen LogP contribution in [0.25, 0.3) is 6.08 Å². The zero-order valence-corrected chi connectivity index (χ0v) is 22.3. The molecular weight excluding hydrogens is 458 g/mol. The van der Waals surface area contributed by atoms with Crippen LogP contribution in [-0.4, -0.2) is 55.4 Å². The van der Waals surface area contributed by atoms with Gasteiger partial charge in [-0.25, -0.2) is 4.99 Å². The van der Waals surface area contributed by atoms with Crippen molar-refractivity contribution in [3.05, 3.63) is 58.5 Å². The highest BCUT2D eigenvalue weighted by Crippen LogP contribution is 2.46. The van der Waals surface area contributed by atoms with E-state index >= 15 is 0 Å². The van der Waals surface area contributed by atoms with E-state index in [0.29, 0.717) is 35.7 Å². The van der Waals surface area contributed by atoms with Crippen molar-refractivity contribution in [1.29, 1.82) is 0 Å². The largest absolute Gasteiger partial charge is 0.496 e. The Hall–Kier alpha value is -2.77. The Kier molecular flexibility index (Phi) is 7.57. The van der Waals surface area contributed by atoms with Gasteiger partial charge in [0.25, 0.3) is 5.91 Å². The lowest BCUT2D eigenvalue weighted by molar-refractivity contribution is -0.122. The third-order valence-corrected chi connectivity index (χ3v) is 7.81. The number of amides is 1. The van der Waals surface area contributed by atoms with E-state index in [1.54, 1.807) is 12.0 Å². The minimum absolute atomic E-state index is 0.0598. The normalized spacial score (nSPS) is 21.7. The van der Waals surface area contributed by atoms with E-state index in [4.69, 9.17) is 14.5 Å². The Morgan fingerprint density at radius 1 is 1.23 bits per heavy atom. The van der Waals surface area contributed by atoms with Crippen LogP contribution in [0.3, 0.4) is 0 Å². The lowest BCUT2D eigenvalue weighted by atomic mass is 9.80. The first-order valence-corrected chi connectivity index (χ1v) is 13.0. The first kappa shape index (κ1) is 25.3. The molecule has 0 aromatic heterocycles. The monoisotopic (exact) mass is 493 g/mol. The second-order valence-corrected chi connectivity index (χ2v) is 10.6. The summed E-state index contributed by atoms with van der Waals surface area (Å²) >= 11 is 1.40. The molecule has 0 saturated carbocycles. The number of amidine groups is 1. The van der Waals surface area contributed by atoms with Gasteiger partial charge in [0.05, 0.1) is 30.9 Å². The Balaban J connectivity index is 1.72. The number of methoxy groups -OCH3 is 1. The topological polar surface area (TPSA) is 54.4 Å². The van der Waals surface area contributed by atoms with Gasteiger partial charge in [-0.2, -0.15) is 0 Å². The molecule has 0 bridgehead atoms. The first-order chi connectivity index (χ1) is 16.7. The SMILES string of the molecule is CCOCCN1C(=O)/C(=C\c2cc3c(cc2OC)N(C)C(C)(C)CC3C)SC1=Nc1ccccc1. The van der Waals surface area contributed by atoms with E-state index in [9.17, 15) is 4.79 Å². The number of fused-ring (bicyclic) bond motifs is 1. The van der Waals surface area contributed by atoms with E-state index in [0.717, 1.165) is 23.4 Å². The van der Waals surface area contributed by atoms with Gasteiger partial charge in [0, 0.05) is 36.5 Å². The number of aliphatic imine (C=N–C) groups is 1. The highest BCUT2D eigenvalue weighted by atomic mass is 32.2. The number of hydrogen-bond donors (Lipinski definition) is 0. The lowest BCUT2D eigenvalue weighted by Gasteiger charge is -2.45. The summed E-state index contributed by atoms with van der Waals surface area (Å²) in [6.07, 6.45) is 3.01. The number of carbonyl (C=O) groups is 1. The van der Waals surface area contributed by atoms with Crippen LogP contribution < -0.4 is 9.64 Å². The highest BCUT2D eigenvalue weighted by Gasteiger charge is 2.36. The molecule has 2 aromatic carbocycles. The van der Waals surface area contributed by atoms with Crippen molar-refractivity contribution >= 4 is 40.3 Å². The van der Waals surface area contributed by atoms with Gasteiger partial charge in [0.15, 0.2) is 5.17 Å². The quantitative estimate of drug-likeness (QED) is 0.347. The summed E-state index contributed by atoms with van der Waals surface area (Å²) in [5.41, 5.74) is 4.26. The predicted molar refractivity (Wildman–Crippen MR) is 146 cm³/mol. The number of hydrogen-bond acceptors (Lipinski definition) is 6. The Morgan fingerprint density at radius 2 is 1.97 bits per heavy atom. The van der Waals surface area contributed by atoms with Gasteiger partial charge in [0.1, 0.15) is 5.75 Å². The van der Waals surface area contributed by atoms with Crippen molar-refractivity contribution in [3.8, 4) is 5.75 Å². The molecule has 2 aliphatic rings. The number of thioether (sulfide) groups is 1. The fourth-order valence-electron chi connectivity index (χ4n) is 4.74. The van der Waals surface area contributed by atoms with Crippen molar-refractivity contribution in [3.63, 3.8) is 0 Å². The molecule has 0 radical (unpaired) electrons. The molecule has 0 N–H and O–H groups in total. The number of anilines is 1. The highest BCUT2D eigenvalue weighted by molar-refractivity contribution is 8.18. The average Bonchev–Trinajstić information content (AvgIpc) is 3.12. The summed E-state index contributed by atoms with van der Waals surface area (Å²) in [7, 11) is 3.82. The zero-order valence-electron chi connectivity index (χ0n) is 21.5. The van der Waals surface area contributed by atoms with E-state index in [-0.39, 0.29) is 11.4 Å². The van der Waals surface area contributed by atoms with Gasteiger partial charge < -0.3 is 14.4 Å². The summed E-state index contributed by atoms with van der Waals surface area (Å²) in [5, 5.41) is 0.666. The van der Waals surface area contributed by atoms with Crippen LogP contribution in [0.1, 0.15) is 51.2 Å². The fourth-order valence-corrected chi connectivity index (χ4v) is 5.76. The summed E-state index contributed by atoms with van der Waals surface area (Å²) in [4.78, 5) is 22.9. The molecule has 0 spiro atoms. The molecule has 1 unspecified atom stereocenters. The van der Waals surface area contributed by atoms with Crippen molar-refractivity contribution in [2.75, 3.05) is 38.8 Å². The van der Waals surface area contributed by atoms with E-state index < -0.39 is 0 Å². The molecule has 35 heavy (non-hydrogen) atoms. The molecule has 6 nitrogen and oxygen atoms in total. The molecule has 1 fully saturated rings. The smallest absolute Gasteiger partial charge is 0.266 e. The van der Waals surface area contributed by atoms with Crippen molar-refractivity contribution in [2.24, 2.45) is 4.99 Å². The molecule has 1 atom stereocenters. The summed E-state index contributed by atoms with van der Waals surface area (Å²) in [6, 6.07) is 14.0. The summed E-state index contributed by atoms with van der Waals surface area (Å²) in [6.45, 7) is 10.3. The van der Waals surface area contributed by atoms with Crippen molar-refractivity contribution in [2.45, 2.75) is 45.6 Å². The van der Waals surface area contributed by atoms with Crippen LogP contribution in [0, 0.1) is 0 Å². The molecule has 7 heteroatoms. The maximum atomic E-state index is 13.4. The molecule has 0 aliphatic carbocycles. The van der Waals surface area contributed by atoms with Gasteiger partial charge in [-0.15, -0.1) is 0 Å². The van der Waals surface area contributed by atoms with Gasteiger partial charge in [-0.05, 0) is 74.7 Å². The van der Waals surface area contributed by atoms with Crippen molar-refractivity contribution in [1.82, 2.24) is 4.90 Å². The minimum Gasteiger partial charge on any atom is -0.496 e. The first-order valence-electron chi connectivity index (χ1n) is 12.1. The van der Waals surface area contributed by atoms with Gasteiger partial charge >= 0.3 is 0 Å². The minimum atomic E-state index is -0.0598. The number of carbonyl (C=O) groups excluding carboxylic acids is 1. The molecule has 186 valence electrons. The predicted octanol–water partition coefficient (Wildman–Crippen LogP) is 6.06. The van der Waals surface area contributed by atoms with Crippen LogP contribution in [0.15, 0.2) is 52.4 Å². The number of rotatable bonds is 7. The second kappa shape index (κ2) is 10.5. The van der Waals surface area contributed by atoms with Crippen LogP contribution in [0.2, 0.25) is 0 Å². The van der Waals surface area contributed by atoms with E-state index in [1.807, 2.05) is 43.3 Å². The number of benzene rings is 2.